The summed E-state index contributed by atoms with van der Waals surface area (Å²) in [4.78, 5) is 12.8. The second kappa shape index (κ2) is 14.8. The second-order valence-corrected chi connectivity index (χ2v) is 10.8. The maximum absolute atomic E-state index is 12.8. The fourth-order valence-electron chi connectivity index (χ4n) is 4.86. The average Bonchev–Trinajstić information content (AvgIpc) is 3.65. The molecule has 4 N–H and O–H groups in total. The van der Waals surface area contributed by atoms with Crippen LogP contribution in [0.2, 0.25) is 0 Å². The fourth-order valence-corrected chi connectivity index (χ4v) is 4.86. The molecule has 0 aliphatic carbocycles. The Labute approximate surface area is 227 Å². The lowest BCUT2D eigenvalue weighted by molar-refractivity contribution is -0.146. The van der Waals surface area contributed by atoms with Gasteiger partial charge in [0.05, 0.1) is 6.10 Å². The molecular weight excluding hydrogens is 484 g/mol. The highest BCUT2D eigenvalue weighted by atomic mass is 16.6. The van der Waals surface area contributed by atoms with Gasteiger partial charge in [-0.25, -0.2) is 4.79 Å². The molecule has 212 valence electrons. The monoisotopic (exact) mass is 530 g/mol. The lowest BCUT2D eigenvalue weighted by atomic mass is 9.89. The Bertz CT molecular complexity index is 946. The van der Waals surface area contributed by atoms with Crippen molar-refractivity contribution in [2.75, 3.05) is 0 Å². The molecule has 1 saturated heterocycles. The molecule has 0 aromatic rings. The summed E-state index contributed by atoms with van der Waals surface area (Å²) in [7, 11) is 0. The van der Waals surface area contributed by atoms with Crippen molar-refractivity contribution < 1.29 is 34.7 Å². The highest BCUT2D eigenvalue weighted by molar-refractivity contribution is 5.83. The molecule has 0 unspecified atom stereocenters. The van der Waals surface area contributed by atoms with E-state index in [9.17, 15) is 25.2 Å². The highest BCUT2D eigenvalue weighted by Crippen LogP contribution is 2.39. The predicted molar refractivity (Wildman–Crippen MR) is 149 cm³/mol. The van der Waals surface area contributed by atoms with E-state index in [4.69, 9.17) is 9.47 Å². The van der Waals surface area contributed by atoms with Gasteiger partial charge in [0.15, 0.2) is 0 Å². The topological polar surface area (TPSA) is 120 Å². The molecule has 2 aliphatic rings. The minimum absolute atomic E-state index is 0.0474. The summed E-state index contributed by atoms with van der Waals surface area (Å²) in [5.74, 6) is -0.134. The normalized spacial score (nSPS) is 38.5. The first-order chi connectivity index (χ1) is 17.9. The number of carbonyl (C=O) groups is 1. The van der Waals surface area contributed by atoms with Crippen LogP contribution in [0.5, 0.6) is 0 Å². The zero-order valence-corrected chi connectivity index (χ0v) is 23.3. The van der Waals surface area contributed by atoms with Crippen LogP contribution in [0.3, 0.4) is 0 Å². The Balaban J connectivity index is 2.28. The summed E-state index contributed by atoms with van der Waals surface area (Å²) in [6.45, 7) is 19.7. The first-order valence-corrected chi connectivity index (χ1v) is 13.5. The Kier molecular flexibility index (Phi) is 12.4. The summed E-state index contributed by atoms with van der Waals surface area (Å²) in [5.41, 5.74) is 1.70. The van der Waals surface area contributed by atoms with E-state index >= 15 is 0 Å². The lowest BCUT2D eigenvalue weighted by Gasteiger charge is -2.26. The number of hydrogen-bond acceptors (Lipinski definition) is 7. The summed E-state index contributed by atoms with van der Waals surface area (Å²) in [5, 5.41) is 41.8. The van der Waals surface area contributed by atoms with Gasteiger partial charge in [0, 0.05) is 6.08 Å². The van der Waals surface area contributed by atoms with Crippen molar-refractivity contribution in [2.24, 2.45) is 11.8 Å². The third kappa shape index (κ3) is 9.17. The molecule has 0 amide bonds. The standard InChI is InChI=1S/C31H46O7/c1-8-11-21(5)29-31(38-29)30-22(6)16-18(2)13-10-15-24(32)27(35)23(7)28(36)26(34)20(4)14-9-12-19(3)17-25(33)37-30/h9-10,12,15,17,21-22,24,26-32,34-36H,2,4,7-8,11,13-14,16H2,1,3,5-6H3/b12-9+,15-10+,19-17+/t21-,22+,24+,26+,27+,28+,29+,30-,31-/m0/s1. The molecule has 0 saturated carbocycles. The van der Waals surface area contributed by atoms with Gasteiger partial charge >= 0.3 is 5.97 Å². The van der Waals surface area contributed by atoms with E-state index in [0.717, 1.165) is 18.4 Å². The molecule has 2 heterocycles. The van der Waals surface area contributed by atoms with Crippen LogP contribution < -0.4 is 0 Å². The molecule has 1 fully saturated rings. The van der Waals surface area contributed by atoms with Crippen molar-refractivity contribution in [3.8, 4) is 0 Å². The minimum Gasteiger partial charge on any atom is -0.456 e. The highest BCUT2D eigenvalue weighted by Gasteiger charge is 2.51. The van der Waals surface area contributed by atoms with Crippen molar-refractivity contribution >= 4 is 5.97 Å². The molecule has 9 atom stereocenters. The van der Waals surface area contributed by atoms with E-state index in [1.54, 1.807) is 25.2 Å². The van der Waals surface area contributed by atoms with Crippen LogP contribution in [0.25, 0.3) is 0 Å². The van der Waals surface area contributed by atoms with E-state index in [1.807, 2.05) is 6.92 Å². The van der Waals surface area contributed by atoms with Gasteiger partial charge < -0.3 is 29.9 Å². The van der Waals surface area contributed by atoms with Gasteiger partial charge in [-0.1, -0.05) is 76.8 Å². The van der Waals surface area contributed by atoms with E-state index in [1.165, 1.54) is 12.2 Å². The van der Waals surface area contributed by atoms with E-state index < -0.39 is 36.5 Å². The Morgan fingerprint density at radius 1 is 1.03 bits per heavy atom. The zero-order valence-electron chi connectivity index (χ0n) is 23.3. The number of allylic oxidation sites excluding steroid dienone is 5. The summed E-state index contributed by atoms with van der Waals surface area (Å²) < 4.78 is 11.9. The lowest BCUT2D eigenvalue weighted by Crippen LogP contribution is -2.37. The average molecular weight is 531 g/mol. The summed E-state index contributed by atoms with van der Waals surface area (Å²) in [6, 6.07) is 0. The molecule has 2 rings (SSSR count). The minimum atomic E-state index is -1.51. The predicted octanol–water partition coefficient (Wildman–Crippen LogP) is 4.09. The molecule has 7 heteroatoms. The number of hydrogen-bond donors (Lipinski definition) is 4. The molecule has 0 aromatic heterocycles. The molecule has 38 heavy (non-hydrogen) atoms. The van der Waals surface area contributed by atoms with Crippen LogP contribution in [0.15, 0.2) is 72.4 Å². The number of epoxide rings is 1. The number of aliphatic hydroxyl groups excluding tert-OH is 4. The molecule has 7 nitrogen and oxygen atoms in total. The fraction of sp³-hybridized carbons (Fsp3) is 0.581. The van der Waals surface area contributed by atoms with E-state index in [-0.39, 0.29) is 30.1 Å². The van der Waals surface area contributed by atoms with Crippen molar-refractivity contribution in [1.29, 1.82) is 0 Å². The third-order valence-corrected chi connectivity index (χ3v) is 7.26. The number of ether oxygens (including phenoxy) is 2. The van der Waals surface area contributed by atoms with Gasteiger partial charge in [0.25, 0.3) is 0 Å². The number of esters is 1. The van der Waals surface area contributed by atoms with Gasteiger partial charge in [-0.15, -0.1) is 0 Å². The number of carbonyl (C=O) groups excluding carboxylic acids is 1. The van der Waals surface area contributed by atoms with Crippen molar-refractivity contribution in [1.82, 2.24) is 0 Å². The van der Waals surface area contributed by atoms with Crippen LogP contribution in [-0.4, -0.2) is 69.1 Å². The SMILES string of the molecule is C=C1C/C=C/[C@@H](O)[C@H](O)C(=C)[C@@H](O)[C@H](O)C(=C)C/C=C/C(C)=C/C(=O)O[C@H]([C@H]2O[C@@H]2[C@@H](C)CCC)[C@H](C)C1. The zero-order chi connectivity index (χ0) is 28.6. The van der Waals surface area contributed by atoms with Crippen LogP contribution in [-0.2, 0) is 14.3 Å². The van der Waals surface area contributed by atoms with Crippen LogP contribution in [0, 0.1) is 11.8 Å². The molecule has 0 aromatic carbocycles. The van der Waals surface area contributed by atoms with Gasteiger partial charge in [0.2, 0.25) is 0 Å². The quantitative estimate of drug-likeness (QED) is 0.245. The Morgan fingerprint density at radius 3 is 2.37 bits per heavy atom. The summed E-state index contributed by atoms with van der Waals surface area (Å²) in [6.07, 6.45) is 5.05. The number of aliphatic hydroxyl groups is 4. The molecular formula is C31H46O7. The largest absolute Gasteiger partial charge is 0.456 e. The second-order valence-electron chi connectivity index (χ2n) is 10.8. The van der Waals surface area contributed by atoms with Gasteiger partial charge in [-0.3, -0.25) is 0 Å². The van der Waals surface area contributed by atoms with Crippen LogP contribution >= 0.6 is 0 Å². The first kappa shape index (κ1) is 31.9. The van der Waals surface area contributed by atoms with Crippen molar-refractivity contribution in [2.45, 2.75) is 103 Å². The maximum atomic E-state index is 12.8. The molecule has 0 radical (unpaired) electrons. The smallest absolute Gasteiger partial charge is 0.331 e. The van der Waals surface area contributed by atoms with Gasteiger partial charge in [0.1, 0.15) is 36.6 Å². The van der Waals surface area contributed by atoms with E-state index in [2.05, 4.69) is 33.6 Å². The molecule has 0 bridgehead atoms. The van der Waals surface area contributed by atoms with Crippen LogP contribution in [0.4, 0.5) is 0 Å². The van der Waals surface area contributed by atoms with Gasteiger partial charge in [-0.05, 0) is 61.2 Å². The first-order valence-electron chi connectivity index (χ1n) is 13.5. The maximum Gasteiger partial charge on any atom is 0.331 e. The molecule has 0 spiro atoms. The van der Waals surface area contributed by atoms with Crippen molar-refractivity contribution in [3.63, 3.8) is 0 Å². The van der Waals surface area contributed by atoms with Crippen molar-refractivity contribution in [3.05, 3.63) is 72.4 Å². The van der Waals surface area contributed by atoms with Gasteiger partial charge in [-0.2, -0.15) is 0 Å². The summed E-state index contributed by atoms with van der Waals surface area (Å²) >= 11 is 0. The Hall–Kier alpha value is -2.29. The van der Waals surface area contributed by atoms with Crippen LogP contribution in [0.1, 0.15) is 59.8 Å². The van der Waals surface area contributed by atoms with E-state index in [0.29, 0.717) is 29.9 Å². The number of rotatable bonds is 4. The molecule has 2 aliphatic heterocycles. The Morgan fingerprint density at radius 2 is 1.71 bits per heavy atom. The number of cyclic esters (lactones) is 1. The third-order valence-electron chi connectivity index (χ3n) is 7.26.